The van der Waals surface area contributed by atoms with Crippen molar-refractivity contribution in [2.75, 3.05) is 6.61 Å². The summed E-state index contributed by atoms with van der Waals surface area (Å²) in [6.45, 7) is 18.0. The Morgan fingerprint density at radius 3 is 2.46 bits per heavy atom. The van der Waals surface area contributed by atoms with Crippen molar-refractivity contribution in [2.45, 2.75) is 77.9 Å². The van der Waals surface area contributed by atoms with Crippen molar-refractivity contribution in [3.8, 4) is 0 Å². The van der Waals surface area contributed by atoms with Crippen molar-refractivity contribution in [1.29, 1.82) is 0 Å². The zero-order valence-electron chi connectivity index (χ0n) is 16.3. The second kappa shape index (κ2) is 6.53. The zero-order valence-corrected chi connectivity index (χ0v) is 17.3. The van der Waals surface area contributed by atoms with Gasteiger partial charge in [-0.1, -0.05) is 34.3 Å². The first kappa shape index (κ1) is 19.6. The van der Waals surface area contributed by atoms with Crippen LogP contribution in [-0.4, -0.2) is 26.5 Å². The summed E-state index contributed by atoms with van der Waals surface area (Å²) in [7, 11) is -1.76. The van der Waals surface area contributed by atoms with Gasteiger partial charge in [-0.25, -0.2) is 0 Å². The molecule has 3 nitrogen and oxygen atoms in total. The lowest BCUT2D eigenvalue weighted by Gasteiger charge is -2.41. The summed E-state index contributed by atoms with van der Waals surface area (Å²) in [5.41, 5.74) is -0.00265. The van der Waals surface area contributed by atoms with Gasteiger partial charge in [-0.3, -0.25) is 9.59 Å². The van der Waals surface area contributed by atoms with Crippen molar-refractivity contribution >= 4 is 19.9 Å². The lowest BCUT2D eigenvalue weighted by molar-refractivity contribution is -0.133. The third-order valence-electron chi connectivity index (χ3n) is 6.71. The van der Waals surface area contributed by atoms with Gasteiger partial charge in [0.1, 0.15) is 5.78 Å². The molecule has 3 atom stereocenters. The van der Waals surface area contributed by atoms with Crippen LogP contribution in [0.4, 0.5) is 0 Å². The summed E-state index contributed by atoms with van der Waals surface area (Å²) >= 11 is 0. The third-order valence-corrected chi connectivity index (χ3v) is 11.2. The summed E-state index contributed by atoms with van der Waals surface area (Å²) in [5, 5.41) is 0.191. The van der Waals surface area contributed by atoms with Crippen molar-refractivity contribution in [2.24, 2.45) is 17.3 Å². The minimum absolute atomic E-state index is 0.104. The maximum absolute atomic E-state index is 12.9. The van der Waals surface area contributed by atoms with E-state index >= 15 is 0 Å². The van der Waals surface area contributed by atoms with E-state index in [1.54, 1.807) is 0 Å². The standard InChI is InChI=1S/C20H34O3Si/c1-14-11-16-13-17(21)15(2)20(16,18(22)12-14)9-8-10-23-24(6,7)19(3,4)5/h14,16H,2,8-13H2,1,3-7H3/t14-,16+,20-/m1/s1. The van der Waals surface area contributed by atoms with Crippen LogP contribution in [0.3, 0.4) is 0 Å². The van der Waals surface area contributed by atoms with E-state index in [1.807, 2.05) is 0 Å². The zero-order chi connectivity index (χ0) is 18.3. The molecule has 0 aromatic heterocycles. The Morgan fingerprint density at radius 1 is 1.25 bits per heavy atom. The minimum Gasteiger partial charge on any atom is -0.417 e. The Bertz CT molecular complexity index is 544. The van der Waals surface area contributed by atoms with Gasteiger partial charge in [-0.15, -0.1) is 0 Å². The van der Waals surface area contributed by atoms with Gasteiger partial charge in [0.05, 0.1) is 5.41 Å². The maximum Gasteiger partial charge on any atom is 0.191 e. The number of ketones is 2. The molecule has 0 spiro atoms. The molecular weight excluding hydrogens is 316 g/mol. The summed E-state index contributed by atoms with van der Waals surface area (Å²) < 4.78 is 6.26. The quantitative estimate of drug-likeness (QED) is 0.401. The van der Waals surface area contributed by atoms with E-state index < -0.39 is 13.7 Å². The van der Waals surface area contributed by atoms with Crippen LogP contribution in [0.25, 0.3) is 0 Å². The molecule has 0 N–H and O–H groups in total. The van der Waals surface area contributed by atoms with Gasteiger partial charge in [0.15, 0.2) is 14.1 Å². The normalized spacial score (nSPS) is 31.5. The van der Waals surface area contributed by atoms with Crippen LogP contribution in [-0.2, 0) is 14.0 Å². The highest BCUT2D eigenvalue weighted by Gasteiger charge is 2.56. The number of allylic oxidation sites excluding steroid dienone is 1. The van der Waals surface area contributed by atoms with Gasteiger partial charge >= 0.3 is 0 Å². The van der Waals surface area contributed by atoms with Crippen LogP contribution in [0.5, 0.6) is 0 Å². The number of carbonyl (C=O) groups excluding carboxylic acids is 2. The first-order valence-electron chi connectivity index (χ1n) is 9.31. The summed E-state index contributed by atoms with van der Waals surface area (Å²) in [4.78, 5) is 25.1. The molecule has 2 aliphatic rings. The van der Waals surface area contributed by atoms with Crippen molar-refractivity contribution in [1.82, 2.24) is 0 Å². The number of fused-ring (bicyclic) bond motifs is 1. The average molecular weight is 351 g/mol. The Labute approximate surface area is 148 Å². The van der Waals surface area contributed by atoms with Crippen molar-refractivity contribution < 1.29 is 14.0 Å². The highest BCUT2D eigenvalue weighted by atomic mass is 28.4. The van der Waals surface area contributed by atoms with E-state index in [1.165, 1.54) is 0 Å². The Balaban J connectivity index is 2.05. The molecule has 4 heteroatoms. The Kier molecular flexibility index (Phi) is 5.32. The summed E-state index contributed by atoms with van der Waals surface area (Å²) in [6.07, 6.45) is 3.63. The molecule has 2 aliphatic carbocycles. The number of carbonyl (C=O) groups is 2. The number of rotatable bonds is 5. The fourth-order valence-electron chi connectivity index (χ4n) is 4.15. The first-order chi connectivity index (χ1) is 10.9. The average Bonchev–Trinajstić information content (AvgIpc) is 2.67. The van der Waals surface area contributed by atoms with E-state index in [0.717, 1.165) is 19.3 Å². The molecule has 2 fully saturated rings. The molecule has 0 heterocycles. The number of hydrogen-bond acceptors (Lipinski definition) is 3. The topological polar surface area (TPSA) is 43.4 Å². The molecular formula is C20H34O3Si. The van der Waals surface area contributed by atoms with Gasteiger partial charge in [0.2, 0.25) is 0 Å². The SMILES string of the molecule is C=C1C(=O)C[C@@H]2C[C@@H](C)CC(=O)[C@]12CCCO[Si](C)(C)C(C)(C)C. The fraction of sp³-hybridized carbons (Fsp3) is 0.800. The lowest BCUT2D eigenvalue weighted by Crippen LogP contribution is -2.43. The molecule has 136 valence electrons. The molecule has 0 aliphatic heterocycles. The smallest absolute Gasteiger partial charge is 0.191 e. The maximum atomic E-state index is 12.9. The first-order valence-corrected chi connectivity index (χ1v) is 12.2. The van der Waals surface area contributed by atoms with E-state index in [0.29, 0.717) is 30.9 Å². The number of hydrogen-bond donors (Lipinski definition) is 0. The molecule has 0 bridgehead atoms. The van der Waals surface area contributed by atoms with Crippen LogP contribution in [0.15, 0.2) is 12.2 Å². The van der Waals surface area contributed by atoms with Crippen LogP contribution < -0.4 is 0 Å². The Hall–Kier alpha value is -0.743. The van der Waals surface area contributed by atoms with E-state index in [9.17, 15) is 9.59 Å². The molecule has 24 heavy (non-hydrogen) atoms. The van der Waals surface area contributed by atoms with Gasteiger partial charge in [-0.05, 0) is 49.2 Å². The molecule has 2 rings (SSSR count). The van der Waals surface area contributed by atoms with Crippen molar-refractivity contribution in [3.63, 3.8) is 0 Å². The second-order valence-electron chi connectivity index (χ2n) is 9.45. The summed E-state index contributed by atoms with van der Waals surface area (Å²) in [5.74, 6) is 0.904. The molecule has 0 aromatic rings. The molecule has 0 unspecified atom stereocenters. The fourth-order valence-corrected chi connectivity index (χ4v) is 5.24. The van der Waals surface area contributed by atoms with E-state index in [-0.39, 0.29) is 22.5 Å². The van der Waals surface area contributed by atoms with Gasteiger partial charge in [0.25, 0.3) is 0 Å². The van der Waals surface area contributed by atoms with E-state index in [4.69, 9.17) is 4.43 Å². The second-order valence-corrected chi connectivity index (χ2v) is 14.3. The minimum atomic E-state index is -1.76. The lowest BCUT2D eigenvalue weighted by atomic mass is 9.61. The highest BCUT2D eigenvalue weighted by Crippen LogP contribution is 2.55. The van der Waals surface area contributed by atoms with Crippen LogP contribution in [0.1, 0.15) is 59.8 Å². The monoisotopic (exact) mass is 350 g/mol. The largest absolute Gasteiger partial charge is 0.417 e. The van der Waals surface area contributed by atoms with Gasteiger partial charge in [0, 0.05) is 25.0 Å². The molecule has 2 saturated carbocycles. The van der Waals surface area contributed by atoms with Crippen LogP contribution >= 0.6 is 0 Å². The molecule has 0 saturated heterocycles. The molecule has 0 amide bonds. The van der Waals surface area contributed by atoms with Crippen LogP contribution in [0.2, 0.25) is 18.1 Å². The van der Waals surface area contributed by atoms with Crippen molar-refractivity contribution in [3.05, 3.63) is 12.2 Å². The van der Waals surface area contributed by atoms with Crippen LogP contribution in [0, 0.1) is 17.3 Å². The molecule has 0 radical (unpaired) electrons. The molecule has 0 aromatic carbocycles. The Morgan fingerprint density at radius 2 is 1.88 bits per heavy atom. The predicted molar refractivity (Wildman–Crippen MR) is 100 cm³/mol. The third kappa shape index (κ3) is 3.32. The van der Waals surface area contributed by atoms with Gasteiger partial charge in [-0.2, -0.15) is 0 Å². The number of Topliss-reactive ketones (excluding diaryl/α,β-unsaturated/α-hetero) is 2. The van der Waals surface area contributed by atoms with Gasteiger partial charge < -0.3 is 4.43 Å². The predicted octanol–water partition coefficient (Wildman–Crippen LogP) is 4.92. The van der Waals surface area contributed by atoms with E-state index in [2.05, 4.69) is 47.4 Å². The highest BCUT2D eigenvalue weighted by molar-refractivity contribution is 6.74. The summed E-state index contributed by atoms with van der Waals surface area (Å²) in [6, 6.07) is 0.